The Kier molecular flexibility index (Phi) is 4.54. The number of nitrogens with zero attached hydrogens (tertiary/aromatic N) is 3. The molecule has 2 aromatic heterocycles. The number of halogens is 1. The summed E-state index contributed by atoms with van der Waals surface area (Å²) in [5.41, 5.74) is 4.67. The Morgan fingerprint density at radius 3 is 2.77 bits per heavy atom. The summed E-state index contributed by atoms with van der Waals surface area (Å²) in [6.45, 7) is 3.06. The second kappa shape index (κ2) is 6.75. The minimum atomic E-state index is 0.660. The minimum absolute atomic E-state index is 0.660. The molecule has 0 aliphatic rings. The van der Waals surface area contributed by atoms with Gasteiger partial charge in [-0.2, -0.15) is 0 Å². The monoisotopic (exact) mass is 311 g/mol. The molecule has 0 N–H and O–H groups in total. The zero-order chi connectivity index (χ0) is 15.4. The number of aromatic nitrogens is 3. The summed E-state index contributed by atoms with van der Waals surface area (Å²) in [6, 6.07) is 12.4. The van der Waals surface area contributed by atoms with Crippen LogP contribution < -0.4 is 0 Å². The average Bonchev–Trinajstić information content (AvgIpc) is 2.95. The van der Waals surface area contributed by atoms with Crippen molar-refractivity contribution in [3.8, 4) is 0 Å². The highest BCUT2D eigenvalue weighted by Crippen LogP contribution is 2.10. The molecule has 3 nitrogen and oxygen atoms in total. The zero-order valence-corrected chi connectivity index (χ0v) is 13.3. The van der Waals surface area contributed by atoms with E-state index < -0.39 is 0 Å². The van der Waals surface area contributed by atoms with Crippen LogP contribution in [0.1, 0.15) is 22.5 Å². The summed E-state index contributed by atoms with van der Waals surface area (Å²) in [7, 11) is 0. The fourth-order valence-electron chi connectivity index (χ4n) is 2.44. The lowest BCUT2D eigenvalue weighted by atomic mass is 10.1. The van der Waals surface area contributed by atoms with Gasteiger partial charge in [-0.3, -0.25) is 4.98 Å². The SMILES string of the molecule is Cc1cccc(CCn2cnc(Cc3ccc(Cl)cn3)c2)c1. The summed E-state index contributed by atoms with van der Waals surface area (Å²) in [5.74, 6) is 0. The smallest absolute Gasteiger partial charge is 0.0949 e. The molecule has 0 spiro atoms. The first-order chi connectivity index (χ1) is 10.7. The fraction of sp³-hybridized carbons (Fsp3) is 0.222. The Morgan fingerprint density at radius 1 is 1.09 bits per heavy atom. The second-order valence-electron chi connectivity index (χ2n) is 5.49. The van der Waals surface area contributed by atoms with E-state index in [0.29, 0.717) is 5.02 Å². The van der Waals surface area contributed by atoms with Crippen LogP contribution in [0.3, 0.4) is 0 Å². The quantitative estimate of drug-likeness (QED) is 0.711. The van der Waals surface area contributed by atoms with Crippen LogP contribution in [0.15, 0.2) is 55.1 Å². The van der Waals surface area contributed by atoms with Gasteiger partial charge in [-0.05, 0) is 31.0 Å². The van der Waals surface area contributed by atoms with E-state index in [1.807, 2.05) is 18.5 Å². The first kappa shape index (κ1) is 14.8. The Balaban J connectivity index is 1.60. The molecule has 0 saturated carbocycles. The van der Waals surface area contributed by atoms with E-state index in [1.54, 1.807) is 6.20 Å². The van der Waals surface area contributed by atoms with Crippen LogP contribution in [0.4, 0.5) is 0 Å². The molecular formula is C18H18ClN3. The molecule has 0 unspecified atom stereocenters. The number of hydrogen-bond acceptors (Lipinski definition) is 2. The molecule has 2 heterocycles. The van der Waals surface area contributed by atoms with Crippen LogP contribution in [0.25, 0.3) is 0 Å². The molecule has 112 valence electrons. The van der Waals surface area contributed by atoms with Crippen LogP contribution in [0.2, 0.25) is 5.02 Å². The predicted molar refractivity (Wildman–Crippen MR) is 89.2 cm³/mol. The highest BCUT2D eigenvalue weighted by atomic mass is 35.5. The maximum atomic E-state index is 5.85. The van der Waals surface area contributed by atoms with Crippen molar-refractivity contribution in [2.75, 3.05) is 0 Å². The first-order valence-corrected chi connectivity index (χ1v) is 7.73. The summed E-state index contributed by atoms with van der Waals surface area (Å²) < 4.78 is 2.13. The fourth-order valence-corrected chi connectivity index (χ4v) is 2.55. The van der Waals surface area contributed by atoms with E-state index in [9.17, 15) is 0 Å². The molecule has 0 atom stereocenters. The standard InChI is InChI=1S/C18H18ClN3/c1-14-3-2-4-15(9-14)7-8-22-12-18(21-13-22)10-17-6-5-16(19)11-20-17/h2-6,9,11-13H,7-8,10H2,1H3. The molecule has 0 amide bonds. The predicted octanol–water partition coefficient (Wildman–Crippen LogP) is 4.07. The van der Waals surface area contributed by atoms with E-state index in [4.69, 9.17) is 11.6 Å². The lowest BCUT2D eigenvalue weighted by molar-refractivity contribution is 0.695. The number of rotatable bonds is 5. The van der Waals surface area contributed by atoms with Crippen molar-refractivity contribution in [1.82, 2.24) is 14.5 Å². The van der Waals surface area contributed by atoms with Crippen molar-refractivity contribution in [2.45, 2.75) is 26.3 Å². The molecule has 0 bridgehead atoms. The topological polar surface area (TPSA) is 30.7 Å². The van der Waals surface area contributed by atoms with Gasteiger partial charge in [0, 0.05) is 31.1 Å². The number of imidazole rings is 1. The van der Waals surface area contributed by atoms with E-state index in [0.717, 1.165) is 30.8 Å². The van der Waals surface area contributed by atoms with Crippen molar-refractivity contribution in [1.29, 1.82) is 0 Å². The lowest BCUT2D eigenvalue weighted by Crippen LogP contribution is -1.99. The average molecular weight is 312 g/mol. The third-order valence-electron chi connectivity index (χ3n) is 3.58. The molecule has 0 aliphatic carbocycles. The third kappa shape index (κ3) is 3.95. The van der Waals surface area contributed by atoms with Gasteiger partial charge in [0.05, 0.1) is 17.0 Å². The molecule has 0 fully saturated rings. The van der Waals surface area contributed by atoms with E-state index in [2.05, 4.69) is 51.9 Å². The second-order valence-corrected chi connectivity index (χ2v) is 5.92. The molecule has 3 aromatic rings. The minimum Gasteiger partial charge on any atom is -0.337 e. The summed E-state index contributed by atoms with van der Waals surface area (Å²) >= 11 is 5.85. The van der Waals surface area contributed by atoms with Crippen LogP contribution in [0.5, 0.6) is 0 Å². The van der Waals surface area contributed by atoms with Crippen molar-refractivity contribution in [3.05, 3.63) is 82.7 Å². The highest BCUT2D eigenvalue weighted by molar-refractivity contribution is 6.30. The maximum absolute atomic E-state index is 5.85. The van der Waals surface area contributed by atoms with Gasteiger partial charge in [0.15, 0.2) is 0 Å². The molecule has 0 radical (unpaired) electrons. The van der Waals surface area contributed by atoms with Gasteiger partial charge in [0.25, 0.3) is 0 Å². The van der Waals surface area contributed by atoms with Gasteiger partial charge < -0.3 is 4.57 Å². The molecular weight excluding hydrogens is 294 g/mol. The molecule has 3 rings (SSSR count). The number of hydrogen-bond donors (Lipinski definition) is 0. The molecule has 22 heavy (non-hydrogen) atoms. The highest BCUT2D eigenvalue weighted by Gasteiger charge is 2.03. The summed E-state index contributed by atoms with van der Waals surface area (Å²) in [6.07, 6.45) is 7.39. The number of benzene rings is 1. The number of aryl methyl sites for hydroxylation is 3. The van der Waals surface area contributed by atoms with Gasteiger partial charge in [0.2, 0.25) is 0 Å². The zero-order valence-electron chi connectivity index (χ0n) is 12.5. The van der Waals surface area contributed by atoms with Crippen LogP contribution in [-0.2, 0) is 19.4 Å². The Hall–Kier alpha value is -2.13. The van der Waals surface area contributed by atoms with Gasteiger partial charge >= 0.3 is 0 Å². The van der Waals surface area contributed by atoms with Crippen molar-refractivity contribution < 1.29 is 0 Å². The third-order valence-corrected chi connectivity index (χ3v) is 3.80. The Labute approximate surface area is 135 Å². The van der Waals surface area contributed by atoms with Crippen LogP contribution in [-0.4, -0.2) is 14.5 Å². The first-order valence-electron chi connectivity index (χ1n) is 7.36. The van der Waals surface area contributed by atoms with E-state index >= 15 is 0 Å². The molecule has 0 aliphatic heterocycles. The van der Waals surface area contributed by atoms with Crippen molar-refractivity contribution in [3.63, 3.8) is 0 Å². The van der Waals surface area contributed by atoms with Crippen LogP contribution >= 0.6 is 11.6 Å². The Morgan fingerprint density at radius 2 is 2.00 bits per heavy atom. The summed E-state index contributed by atoms with van der Waals surface area (Å²) in [4.78, 5) is 8.76. The normalized spacial score (nSPS) is 10.8. The van der Waals surface area contributed by atoms with Crippen molar-refractivity contribution >= 4 is 11.6 Å². The molecule has 4 heteroatoms. The van der Waals surface area contributed by atoms with Crippen LogP contribution in [0, 0.1) is 6.92 Å². The van der Waals surface area contributed by atoms with Crippen molar-refractivity contribution in [2.24, 2.45) is 0 Å². The maximum Gasteiger partial charge on any atom is 0.0949 e. The van der Waals surface area contributed by atoms with Gasteiger partial charge in [-0.25, -0.2) is 4.98 Å². The van der Waals surface area contributed by atoms with E-state index in [1.165, 1.54) is 11.1 Å². The largest absolute Gasteiger partial charge is 0.337 e. The van der Waals surface area contributed by atoms with Gasteiger partial charge in [-0.15, -0.1) is 0 Å². The Bertz CT molecular complexity index is 747. The van der Waals surface area contributed by atoms with Gasteiger partial charge in [0.1, 0.15) is 0 Å². The number of pyridine rings is 1. The molecule has 0 saturated heterocycles. The lowest BCUT2D eigenvalue weighted by Gasteiger charge is -2.03. The summed E-state index contributed by atoms with van der Waals surface area (Å²) in [5, 5.41) is 0.660. The van der Waals surface area contributed by atoms with Gasteiger partial charge in [-0.1, -0.05) is 41.4 Å². The molecule has 1 aromatic carbocycles. The van der Waals surface area contributed by atoms with E-state index in [-0.39, 0.29) is 0 Å².